The van der Waals surface area contributed by atoms with Crippen LogP contribution in [-0.4, -0.2) is 54.8 Å². The number of hydrogen-bond donors (Lipinski definition) is 1. The molecular formula is C10H18N2O2S. The lowest BCUT2D eigenvalue weighted by Gasteiger charge is -2.37. The predicted octanol–water partition coefficient (Wildman–Crippen LogP) is 0.286. The Balaban J connectivity index is 1.93. The first-order valence-electron chi connectivity index (χ1n) is 5.33. The van der Waals surface area contributed by atoms with Gasteiger partial charge in [0.2, 0.25) is 0 Å². The van der Waals surface area contributed by atoms with Gasteiger partial charge in [-0.2, -0.15) is 0 Å². The van der Waals surface area contributed by atoms with Crippen LogP contribution >= 0.6 is 11.8 Å². The van der Waals surface area contributed by atoms with Gasteiger partial charge in [-0.05, 0) is 19.9 Å². The summed E-state index contributed by atoms with van der Waals surface area (Å²) in [6, 6.07) is -0.108. The van der Waals surface area contributed by atoms with Crippen molar-refractivity contribution in [1.82, 2.24) is 10.2 Å². The minimum absolute atomic E-state index is 0.108. The van der Waals surface area contributed by atoms with Crippen LogP contribution in [0, 0.1) is 0 Å². The second kappa shape index (κ2) is 4.31. The summed E-state index contributed by atoms with van der Waals surface area (Å²) in [6.07, 6.45) is 2.23. The maximum atomic E-state index is 11.4. The summed E-state index contributed by atoms with van der Waals surface area (Å²) >= 11 is 1.88. The lowest BCUT2D eigenvalue weighted by molar-refractivity contribution is -0.142. The molecule has 2 fully saturated rings. The van der Waals surface area contributed by atoms with Gasteiger partial charge in [-0.1, -0.05) is 0 Å². The molecule has 0 amide bonds. The monoisotopic (exact) mass is 230 g/mol. The standard InChI is InChI=1S/C10H18N2O2S/c1-12-5-3-10(4-6-12)11-8(7-15-10)9(13)14-2/h8,11H,3-7H2,1-2H3/t8-/m1/s1. The minimum Gasteiger partial charge on any atom is -0.468 e. The van der Waals surface area contributed by atoms with E-state index in [1.54, 1.807) is 0 Å². The van der Waals surface area contributed by atoms with Gasteiger partial charge in [-0.15, -0.1) is 11.8 Å². The number of thioether (sulfide) groups is 1. The summed E-state index contributed by atoms with van der Waals surface area (Å²) in [6.45, 7) is 2.21. The Morgan fingerprint density at radius 3 is 2.80 bits per heavy atom. The van der Waals surface area contributed by atoms with E-state index in [4.69, 9.17) is 4.74 Å². The average Bonchev–Trinajstić information content (AvgIpc) is 2.66. The number of carbonyl (C=O) groups is 1. The molecule has 0 saturated carbocycles. The number of carbonyl (C=O) groups excluding carboxylic acids is 1. The van der Waals surface area contributed by atoms with Crippen LogP contribution in [0.4, 0.5) is 0 Å². The molecule has 0 aromatic carbocycles. The maximum absolute atomic E-state index is 11.4. The molecule has 2 aliphatic rings. The fraction of sp³-hybridized carbons (Fsp3) is 0.900. The van der Waals surface area contributed by atoms with E-state index in [-0.39, 0.29) is 16.9 Å². The molecular weight excluding hydrogens is 212 g/mol. The largest absolute Gasteiger partial charge is 0.468 e. The van der Waals surface area contributed by atoms with E-state index < -0.39 is 0 Å². The van der Waals surface area contributed by atoms with E-state index in [1.807, 2.05) is 11.8 Å². The van der Waals surface area contributed by atoms with Crippen LogP contribution in [0.15, 0.2) is 0 Å². The summed E-state index contributed by atoms with van der Waals surface area (Å²) in [5.41, 5.74) is 0. The third-order valence-electron chi connectivity index (χ3n) is 3.24. The number of esters is 1. The van der Waals surface area contributed by atoms with Gasteiger partial charge in [0.05, 0.1) is 12.0 Å². The van der Waals surface area contributed by atoms with Crippen molar-refractivity contribution in [1.29, 1.82) is 0 Å². The molecule has 2 rings (SSSR count). The molecule has 0 radical (unpaired) electrons. The molecule has 2 saturated heterocycles. The zero-order valence-corrected chi connectivity index (χ0v) is 10.1. The third kappa shape index (κ3) is 2.29. The maximum Gasteiger partial charge on any atom is 0.323 e. The van der Waals surface area contributed by atoms with Crippen LogP contribution in [0.3, 0.4) is 0 Å². The van der Waals surface area contributed by atoms with Crippen LogP contribution in [0.1, 0.15) is 12.8 Å². The second-order valence-corrected chi connectivity index (χ2v) is 5.73. The quantitative estimate of drug-likeness (QED) is 0.656. The van der Waals surface area contributed by atoms with Gasteiger partial charge in [-0.3, -0.25) is 10.1 Å². The molecule has 0 aromatic heterocycles. The minimum atomic E-state index is -0.127. The summed E-state index contributed by atoms with van der Waals surface area (Å²) in [5.74, 6) is 0.717. The van der Waals surface area contributed by atoms with Crippen molar-refractivity contribution < 1.29 is 9.53 Å². The Morgan fingerprint density at radius 1 is 1.53 bits per heavy atom. The lowest BCUT2D eigenvalue weighted by Crippen LogP contribution is -2.51. The summed E-state index contributed by atoms with van der Waals surface area (Å²) in [5, 5.41) is 3.44. The molecule has 0 bridgehead atoms. The van der Waals surface area contributed by atoms with E-state index in [1.165, 1.54) is 7.11 Å². The Hall–Kier alpha value is -0.260. The highest BCUT2D eigenvalue weighted by Gasteiger charge is 2.43. The van der Waals surface area contributed by atoms with E-state index >= 15 is 0 Å². The topological polar surface area (TPSA) is 41.6 Å². The van der Waals surface area contributed by atoms with Crippen LogP contribution in [0.5, 0.6) is 0 Å². The Bertz CT molecular complexity index is 252. The van der Waals surface area contributed by atoms with Crippen LogP contribution in [0.25, 0.3) is 0 Å². The van der Waals surface area contributed by atoms with Gasteiger partial charge in [0.15, 0.2) is 0 Å². The van der Waals surface area contributed by atoms with Crippen LogP contribution in [-0.2, 0) is 9.53 Å². The zero-order valence-electron chi connectivity index (χ0n) is 9.28. The highest BCUT2D eigenvalue weighted by Crippen LogP contribution is 2.38. The van der Waals surface area contributed by atoms with Crippen molar-refractivity contribution in [2.24, 2.45) is 0 Å². The molecule has 0 aliphatic carbocycles. The fourth-order valence-corrected chi connectivity index (χ4v) is 3.58. The molecule has 5 heteroatoms. The molecule has 4 nitrogen and oxygen atoms in total. The van der Waals surface area contributed by atoms with Gasteiger partial charge in [0.1, 0.15) is 6.04 Å². The highest BCUT2D eigenvalue weighted by atomic mass is 32.2. The number of likely N-dealkylation sites (tertiary alicyclic amines) is 1. The Morgan fingerprint density at radius 2 is 2.20 bits per heavy atom. The number of methoxy groups -OCH3 is 1. The normalized spacial score (nSPS) is 30.7. The number of nitrogens with zero attached hydrogens (tertiary/aromatic N) is 1. The predicted molar refractivity (Wildman–Crippen MR) is 60.9 cm³/mol. The van der Waals surface area contributed by atoms with Gasteiger partial charge in [0.25, 0.3) is 0 Å². The van der Waals surface area contributed by atoms with Gasteiger partial charge in [-0.25, -0.2) is 0 Å². The van der Waals surface area contributed by atoms with Gasteiger partial charge in [0, 0.05) is 18.8 Å². The van der Waals surface area contributed by atoms with E-state index in [9.17, 15) is 4.79 Å². The molecule has 0 aromatic rings. The van der Waals surface area contributed by atoms with Gasteiger partial charge >= 0.3 is 5.97 Å². The van der Waals surface area contributed by atoms with E-state index in [0.29, 0.717) is 0 Å². The number of ether oxygens (including phenoxy) is 1. The lowest BCUT2D eigenvalue weighted by atomic mass is 10.0. The second-order valence-electron chi connectivity index (χ2n) is 4.33. The molecule has 1 spiro atoms. The Labute approximate surface area is 94.7 Å². The summed E-state index contributed by atoms with van der Waals surface area (Å²) in [4.78, 5) is 13.9. The van der Waals surface area contributed by atoms with E-state index in [2.05, 4.69) is 17.3 Å². The summed E-state index contributed by atoms with van der Waals surface area (Å²) < 4.78 is 4.76. The fourth-order valence-electron chi connectivity index (χ4n) is 2.18. The molecule has 1 N–H and O–H groups in total. The highest BCUT2D eigenvalue weighted by molar-refractivity contribution is 8.01. The van der Waals surface area contributed by atoms with Crippen LogP contribution < -0.4 is 5.32 Å². The van der Waals surface area contributed by atoms with E-state index in [0.717, 1.165) is 31.7 Å². The van der Waals surface area contributed by atoms with Gasteiger partial charge < -0.3 is 9.64 Å². The van der Waals surface area contributed by atoms with Crippen molar-refractivity contribution in [3.63, 3.8) is 0 Å². The SMILES string of the molecule is COC(=O)[C@H]1CSC2(CCN(C)CC2)N1. The van der Waals surface area contributed by atoms with Crippen molar-refractivity contribution in [2.45, 2.75) is 23.8 Å². The molecule has 2 heterocycles. The molecule has 2 aliphatic heterocycles. The number of rotatable bonds is 1. The number of hydrogen-bond acceptors (Lipinski definition) is 5. The Kier molecular flexibility index (Phi) is 3.23. The van der Waals surface area contributed by atoms with Crippen molar-refractivity contribution in [2.75, 3.05) is 33.0 Å². The first-order chi connectivity index (χ1) is 7.15. The van der Waals surface area contributed by atoms with Crippen LogP contribution in [0.2, 0.25) is 0 Å². The van der Waals surface area contributed by atoms with Crippen molar-refractivity contribution in [3.8, 4) is 0 Å². The molecule has 1 atom stereocenters. The first kappa shape index (κ1) is 11.2. The number of nitrogens with one attached hydrogen (secondary N) is 1. The van der Waals surface area contributed by atoms with Crippen molar-refractivity contribution >= 4 is 17.7 Å². The first-order valence-corrected chi connectivity index (χ1v) is 6.32. The number of piperidine rings is 1. The average molecular weight is 230 g/mol. The molecule has 0 unspecified atom stereocenters. The third-order valence-corrected chi connectivity index (χ3v) is 4.82. The molecule has 15 heavy (non-hydrogen) atoms. The van der Waals surface area contributed by atoms with Crippen molar-refractivity contribution in [3.05, 3.63) is 0 Å². The smallest absolute Gasteiger partial charge is 0.323 e. The summed E-state index contributed by atoms with van der Waals surface area (Å²) in [7, 11) is 3.60. The zero-order chi connectivity index (χ0) is 10.9. The molecule has 86 valence electrons.